The highest BCUT2D eigenvalue weighted by Crippen LogP contribution is 2.13. The summed E-state index contributed by atoms with van der Waals surface area (Å²) in [6.07, 6.45) is 2.21. The van der Waals surface area contributed by atoms with Gasteiger partial charge in [-0.05, 0) is 24.1 Å². The number of hydrogen-bond acceptors (Lipinski definition) is 2. The van der Waals surface area contributed by atoms with Crippen LogP contribution in [0.3, 0.4) is 0 Å². The fourth-order valence-electron chi connectivity index (χ4n) is 1.84. The number of amides is 1. The highest BCUT2D eigenvalue weighted by atomic mass is 16.1. The molecule has 1 aromatic rings. The fraction of sp³-hybridized carbons (Fsp3) is 0.533. The second-order valence-corrected chi connectivity index (χ2v) is 4.84. The number of anilines is 1. The first-order valence-electron chi connectivity index (χ1n) is 6.64. The molecule has 0 aliphatic heterocycles. The Bertz CT molecular complexity index is 384. The Morgan fingerprint density at radius 1 is 1.28 bits per heavy atom. The molecular weight excluding hydrogens is 224 g/mol. The molecule has 100 valence electrons. The van der Waals surface area contributed by atoms with Gasteiger partial charge in [0.15, 0.2) is 0 Å². The monoisotopic (exact) mass is 248 g/mol. The molecule has 0 heterocycles. The summed E-state index contributed by atoms with van der Waals surface area (Å²) in [5.74, 6) is 0.594. The number of carbonyl (C=O) groups is 1. The summed E-state index contributed by atoms with van der Waals surface area (Å²) >= 11 is 0. The Kier molecular flexibility index (Phi) is 5.69. The van der Waals surface area contributed by atoms with Crippen LogP contribution in [0.15, 0.2) is 24.3 Å². The third-order valence-corrected chi connectivity index (χ3v) is 3.33. The van der Waals surface area contributed by atoms with Gasteiger partial charge >= 0.3 is 0 Å². The number of hydrogen-bond donors (Lipinski definition) is 1. The summed E-state index contributed by atoms with van der Waals surface area (Å²) in [7, 11) is 3.95. The quantitative estimate of drug-likeness (QED) is 0.839. The van der Waals surface area contributed by atoms with Crippen LogP contribution >= 0.6 is 0 Å². The van der Waals surface area contributed by atoms with Crippen LogP contribution in [0.4, 0.5) is 5.69 Å². The van der Waals surface area contributed by atoms with Gasteiger partial charge in [-0.1, -0.05) is 32.8 Å². The van der Waals surface area contributed by atoms with Gasteiger partial charge in [-0.2, -0.15) is 0 Å². The molecular formula is C15H24N2O. The number of nitrogens with zero attached hydrogens (tertiary/aromatic N) is 1. The van der Waals surface area contributed by atoms with Crippen LogP contribution in [-0.2, 0) is 0 Å². The van der Waals surface area contributed by atoms with Crippen molar-refractivity contribution in [2.75, 3.05) is 25.5 Å². The van der Waals surface area contributed by atoms with Crippen LogP contribution in [0.1, 0.15) is 37.0 Å². The van der Waals surface area contributed by atoms with E-state index in [-0.39, 0.29) is 5.91 Å². The van der Waals surface area contributed by atoms with Gasteiger partial charge in [-0.25, -0.2) is 0 Å². The standard InChI is InChI=1S/C15H24N2O/c1-5-12(6-2)11-16-15(18)13-8-7-9-14(10-13)17(3)4/h7-10,12H,5-6,11H2,1-4H3,(H,16,18). The molecule has 3 heteroatoms. The van der Waals surface area contributed by atoms with Gasteiger partial charge in [0, 0.05) is 31.9 Å². The zero-order valence-electron chi connectivity index (χ0n) is 11.9. The molecule has 0 fully saturated rings. The average molecular weight is 248 g/mol. The van der Waals surface area contributed by atoms with E-state index in [1.165, 1.54) is 0 Å². The van der Waals surface area contributed by atoms with Gasteiger partial charge in [0.25, 0.3) is 5.91 Å². The summed E-state index contributed by atoms with van der Waals surface area (Å²) in [5, 5.41) is 3.01. The Morgan fingerprint density at radius 3 is 2.50 bits per heavy atom. The van der Waals surface area contributed by atoms with Crippen molar-refractivity contribution in [1.29, 1.82) is 0 Å². The van der Waals surface area contributed by atoms with Crippen LogP contribution in [-0.4, -0.2) is 26.5 Å². The van der Waals surface area contributed by atoms with E-state index in [0.29, 0.717) is 5.92 Å². The van der Waals surface area contributed by atoms with E-state index >= 15 is 0 Å². The van der Waals surface area contributed by atoms with Gasteiger partial charge < -0.3 is 10.2 Å². The zero-order valence-corrected chi connectivity index (χ0v) is 11.9. The predicted molar refractivity (Wildman–Crippen MR) is 77.2 cm³/mol. The van der Waals surface area contributed by atoms with Crippen LogP contribution in [0.5, 0.6) is 0 Å². The molecule has 0 atom stereocenters. The Balaban J connectivity index is 2.64. The maximum Gasteiger partial charge on any atom is 0.251 e. The normalized spacial score (nSPS) is 10.5. The second-order valence-electron chi connectivity index (χ2n) is 4.84. The minimum atomic E-state index is 0.0191. The van der Waals surface area contributed by atoms with Crippen LogP contribution in [0.25, 0.3) is 0 Å². The Labute approximate surface area is 110 Å². The fourth-order valence-corrected chi connectivity index (χ4v) is 1.84. The second kappa shape index (κ2) is 7.04. The summed E-state index contributed by atoms with van der Waals surface area (Å²) in [6.45, 7) is 5.08. The maximum atomic E-state index is 12.0. The van der Waals surface area contributed by atoms with E-state index in [4.69, 9.17) is 0 Å². The first-order chi connectivity index (χ1) is 8.58. The van der Waals surface area contributed by atoms with E-state index in [0.717, 1.165) is 30.6 Å². The minimum absolute atomic E-state index is 0.0191. The molecule has 1 rings (SSSR count). The zero-order chi connectivity index (χ0) is 13.5. The van der Waals surface area contributed by atoms with Crippen molar-refractivity contribution >= 4 is 11.6 Å². The maximum absolute atomic E-state index is 12.0. The number of nitrogens with one attached hydrogen (secondary N) is 1. The van der Waals surface area contributed by atoms with Gasteiger partial charge in [-0.3, -0.25) is 4.79 Å². The average Bonchev–Trinajstić information content (AvgIpc) is 2.39. The minimum Gasteiger partial charge on any atom is -0.378 e. The molecule has 0 aliphatic carbocycles. The molecule has 0 aliphatic rings. The van der Waals surface area contributed by atoms with Gasteiger partial charge in [-0.15, -0.1) is 0 Å². The summed E-state index contributed by atoms with van der Waals surface area (Å²) in [4.78, 5) is 14.0. The summed E-state index contributed by atoms with van der Waals surface area (Å²) < 4.78 is 0. The van der Waals surface area contributed by atoms with Crippen molar-refractivity contribution in [1.82, 2.24) is 5.32 Å². The van der Waals surface area contributed by atoms with Crippen molar-refractivity contribution in [2.45, 2.75) is 26.7 Å². The molecule has 1 aromatic carbocycles. The van der Waals surface area contributed by atoms with Crippen molar-refractivity contribution in [3.63, 3.8) is 0 Å². The Hall–Kier alpha value is -1.51. The predicted octanol–water partition coefficient (Wildman–Crippen LogP) is 2.92. The van der Waals surface area contributed by atoms with Crippen molar-refractivity contribution in [3.8, 4) is 0 Å². The molecule has 0 radical (unpaired) electrons. The highest BCUT2D eigenvalue weighted by Gasteiger charge is 2.09. The van der Waals surface area contributed by atoms with E-state index in [1.54, 1.807) is 0 Å². The molecule has 1 amide bonds. The third-order valence-electron chi connectivity index (χ3n) is 3.33. The lowest BCUT2D eigenvalue weighted by Gasteiger charge is -2.15. The van der Waals surface area contributed by atoms with Crippen molar-refractivity contribution in [3.05, 3.63) is 29.8 Å². The highest BCUT2D eigenvalue weighted by molar-refractivity contribution is 5.95. The Morgan fingerprint density at radius 2 is 1.94 bits per heavy atom. The lowest BCUT2D eigenvalue weighted by atomic mass is 10.0. The largest absolute Gasteiger partial charge is 0.378 e. The number of benzene rings is 1. The van der Waals surface area contributed by atoms with Crippen molar-refractivity contribution < 1.29 is 4.79 Å². The van der Waals surface area contributed by atoms with Crippen LogP contribution < -0.4 is 10.2 Å². The van der Waals surface area contributed by atoms with E-state index in [9.17, 15) is 4.79 Å². The molecule has 0 saturated carbocycles. The van der Waals surface area contributed by atoms with Crippen LogP contribution in [0.2, 0.25) is 0 Å². The first-order valence-corrected chi connectivity index (χ1v) is 6.64. The van der Waals surface area contributed by atoms with Crippen LogP contribution in [0, 0.1) is 5.92 Å². The van der Waals surface area contributed by atoms with E-state index in [2.05, 4.69) is 19.2 Å². The summed E-state index contributed by atoms with van der Waals surface area (Å²) in [6, 6.07) is 7.69. The lowest BCUT2D eigenvalue weighted by Crippen LogP contribution is -2.29. The SMILES string of the molecule is CCC(CC)CNC(=O)c1cccc(N(C)C)c1. The smallest absolute Gasteiger partial charge is 0.251 e. The molecule has 0 spiro atoms. The molecule has 18 heavy (non-hydrogen) atoms. The molecule has 0 unspecified atom stereocenters. The van der Waals surface area contributed by atoms with Gasteiger partial charge in [0.05, 0.1) is 0 Å². The van der Waals surface area contributed by atoms with E-state index in [1.807, 2.05) is 43.3 Å². The first kappa shape index (κ1) is 14.6. The third kappa shape index (κ3) is 4.06. The van der Waals surface area contributed by atoms with Gasteiger partial charge in [0.2, 0.25) is 0 Å². The van der Waals surface area contributed by atoms with Crippen molar-refractivity contribution in [2.24, 2.45) is 5.92 Å². The molecule has 0 bridgehead atoms. The molecule has 0 aromatic heterocycles. The molecule has 1 N–H and O–H groups in total. The molecule has 3 nitrogen and oxygen atoms in total. The molecule has 0 saturated heterocycles. The topological polar surface area (TPSA) is 32.3 Å². The van der Waals surface area contributed by atoms with E-state index < -0.39 is 0 Å². The van der Waals surface area contributed by atoms with Gasteiger partial charge in [0.1, 0.15) is 0 Å². The number of carbonyl (C=O) groups excluding carboxylic acids is 1. The summed E-state index contributed by atoms with van der Waals surface area (Å²) in [5.41, 5.74) is 1.78. The lowest BCUT2D eigenvalue weighted by molar-refractivity contribution is 0.0946. The number of rotatable bonds is 6.